The Bertz CT molecular complexity index is 188. The summed E-state index contributed by atoms with van der Waals surface area (Å²) in [6, 6.07) is 0. The topological polar surface area (TPSA) is 20.3 Å². The standard InChI is InChI=1S/C9H17NO/c1-8(2,3)10-6-7(11)9(10,4)5/h6H2,1-5H3. The Hall–Kier alpha value is -0.370. The number of hydrogen-bond donors (Lipinski definition) is 0. The van der Waals surface area contributed by atoms with Gasteiger partial charge in [0, 0.05) is 5.54 Å². The summed E-state index contributed by atoms with van der Waals surface area (Å²) in [6.07, 6.45) is 0. The molecule has 2 nitrogen and oxygen atoms in total. The van der Waals surface area contributed by atoms with E-state index in [1.54, 1.807) is 0 Å². The van der Waals surface area contributed by atoms with Crippen LogP contribution >= 0.6 is 0 Å². The molecule has 1 rings (SSSR count). The highest BCUT2D eigenvalue weighted by atomic mass is 16.1. The van der Waals surface area contributed by atoms with Crippen molar-refractivity contribution < 1.29 is 4.79 Å². The minimum Gasteiger partial charge on any atom is -0.296 e. The molecule has 1 fully saturated rings. The summed E-state index contributed by atoms with van der Waals surface area (Å²) in [5, 5.41) is 0. The fourth-order valence-corrected chi connectivity index (χ4v) is 1.67. The Balaban J connectivity index is 2.75. The molecule has 0 bridgehead atoms. The molecule has 1 heterocycles. The molecule has 0 radical (unpaired) electrons. The molecule has 0 spiro atoms. The second kappa shape index (κ2) is 2.07. The average molecular weight is 155 g/mol. The van der Waals surface area contributed by atoms with E-state index in [0.717, 1.165) is 0 Å². The molecule has 1 aliphatic rings. The van der Waals surface area contributed by atoms with Crippen LogP contribution in [-0.4, -0.2) is 28.3 Å². The van der Waals surface area contributed by atoms with Crippen molar-refractivity contribution in [2.45, 2.75) is 45.7 Å². The molecule has 0 N–H and O–H groups in total. The lowest BCUT2D eigenvalue weighted by Gasteiger charge is -2.53. The van der Waals surface area contributed by atoms with Gasteiger partial charge in [-0.2, -0.15) is 0 Å². The summed E-state index contributed by atoms with van der Waals surface area (Å²) < 4.78 is 0. The zero-order chi connectivity index (χ0) is 8.86. The third-order valence-electron chi connectivity index (χ3n) is 2.47. The first-order valence-corrected chi connectivity index (χ1v) is 4.07. The first-order valence-electron chi connectivity index (χ1n) is 4.07. The van der Waals surface area contributed by atoms with Crippen LogP contribution in [0.5, 0.6) is 0 Å². The van der Waals surface area contributed by atoms with Crippen molar-refractivity contribution in [1.82, 2.24) is 4.90 Å². The average Bonchev–Trinajstić information content (AvgIpc) is 1.80. The molecule has 64 valence electrons. The van der Waals surface area contributed by atoms with Crippen LogP contribution < -0.4 is 0 Å². The fraction of sp³-hybridized carbons (Fsp3) is 0.889. The molecule has 0 unspecified atom stereocenters. The molecular weight excluding hydrogens is 138 g/mol. The van der Waals surface area contributed by atoms with E-state index in [2.05, 4.69) is 25.7 Å². The fourth-order valence-electron chi connectivity index (χ4n) is 1.67. The number of hydrogen-bond acceptors (Lipinski definition) is 2. The molecule has 0 aromatic carbocycles. The van der Waals surface area contributed by atoms with Crippen LogP contribution in [0.2, 0.25) is 0 Å². The number of ketones is 1. The van der Waals surface area contributed by atoms with Gasteiger partial charge in [-0.1, -0.05) is 0 Å². The molecule has 0 aliphatic carbocycles. The minimum atomic E-state index is -0.224. The van der Waals surface area contributed by atoms with Gasteiger partial charge in [0.1, 0.15) is 0 Å². The van der Waals surface area contributed by atoms with Crippen LogP contribution in [0.15, 0.2) is 0 Å². The van der Waals surface area contributed by atoms with Crippen LogP contribution in [0.4, 0.5) is 0 Å². The Morgan fingerprint density at radius 1 is 1.36 bits per heavy atom. The molecule has 11 heavy (non-hydrogen) atoms. The molecule has 0 atom stereocenters. The highest BCUT2D eigenvalue weighted by Gasteiger charge is 2.49. The Kier molecular flexibility index (Phi) is 1.64. The summed E-state index contributed by atoms with van der Waals surface area (Å²) in [7, 11) is 0. The van der Waals surface area contributed by atoms with Gasteiger partial charge in [0.2, 0.25) is 0 Å². The Labute approximate surface area is 68.6 Å². The normalized spacial score (nSPS) is 25.0. The van der Waals surface area contributed by atoms with Gasteiger partial charge in [-0.25, -0.2) is 0 Å². The Morgan fingerprint density at radius 3 is 1.91 bits per heavy atom. The van der Waals surface area contributed by atoms with Crippen molar-refractivity contribution in [2.24, 2.45) is 0 Å². The first kappa shape index (κ1) is 8.72. The highest BCUT2D eigenvalue weighted by molar-refractivity contribution is 5.95. The third kappa shape index (κ3) is 1.20. The molecule has 0 aromatic rings. The van der Waals surface area contributed by atoms with E-state index < -0.39 is 0 Å². The smallest absolute Gasteiger partial charge is 0.166 e. The van der Waals surface area contributed by atoms with Gasteiger partial charge in [0.05, 0.1) is 12.1 Å². The quantitative estimate of drug-likeness (QED) is 0.527. The summed E-state index contributed by atoms with van der Waals surface area (Å²) in [6.45, 7) is 11.0. The predicted octanol–water partition coefficient (Wildman–Crippen LogP) is 1.45. The van der Waals surface area contributed by atoms with Crippen LogP contribution in [0.25, 0.3) is 0 Å². The minimum absolute atomic E-state index is 0.122. The largest absolute Gasteiger partial charge is 0.296 e. The van der Waals surface area contributed by atoms with E-state index in [1.807, 2.05) is 13.8 Å². The van der Waals surface area contributed by atoms with Crippen LogP contribution in [-0.2, 0) is 4.79 Å². The summed E-state index contributed by atoms with van der Waals surface area (Å²) in [4.78, 5) is 13.4. The van der Waals surface area contributed by atoms with E-state index in [-0.39, 0.29) is 11.1 Å². The van der Waals surface area contributed by atoms with Crippen molar-refractivity contribution in [3.05, 3.63) is 0 Å². The lowest BCUT2D eigenvalue weighted by molar-refractivity contribution is -0.153. The predicted molar refractivity (Wildman–Crippen MR) is 45.5 cm³/mol. The zero-order valence-electron chi connectivity index (χ0n) is 8.06. The zero-order valence-corrected chi connectivity index (χ0v) is 8.06. The van der Waals surface area contributed by atoms with E-state index in [0.29, 0.717) is 12.3 Å². The van der Waals surface area contributed by atoms with Crippen LogP contribution in [0.1, 0.15) is 34.6 Å². The summed E-state index contributed by atoms with van der Waals surface area (Å²) >= 11 is 0. The lowest BCUT2D eigenvalue weighted by atomic mass is 9.82. The van der Waals surface area contributed by atoms with Gasteiger partial charge in [-0.15, -0.1) is 0 Å². The number of carbonyl (C=O) groups excluding carboxylic acids is 1. The van der Waals surface area contributed by atoms with Gasteiger partial charge in [-0.3, -0.25) is 9.69 Å². The molecule has 0 amide bonds. The molecule has 1 saturated heterocycles. The van der Waals surface area contributed by atoms with Gasteiger partial charge in [0.25, 0.3) is 0 Å². The van der Waals surface area contributed by atoms with Crippen LogP contribution in [0, 0.1) is 0 Å². The second-order valence-electron chi connectivity index (χ2n) is 4.74. The van der Waals surface area contributed by atoms with Crippen molar-refractivity contribution >= 4 is 5.78 Å². The number of nitrogens with zero attached hydrogens (tertiary/aromatic N) is 1. The number of likely N-dealkylation sites (tertiary alicyclic amines) is 1. The number of rotatable bonds is 0. The number of carbonyl (C=O) groups is 1. The number of Topliss-reactive ketones (excluding diaryl/α,β-unsaturated/α-hetero) is 1. The maximum atomic E-state index is 11.2. The third-order valence-corrected chi connectivity index (χ3v) is 2.47. The SMILES string of the molecule is CC(C)(C)N1CC(=O)C1(C)C. The maximum Gasteiger partial charge on any atom is 0.166 e. The summed E-state index contributed by atoms with van der Waals surface area (Å²) in [5.41, 5.74) is -0.102. The Morgan fingerprint density at radius 2 is 1.82 bits per heavy atom. The van der Waals surface area contributed by atoms with Gasteiger partial charge >= 0.3 is 0 Å². The second-order valence-corrected chi connectivity index (χ2v) is 4.74. The molecule has 1 aliphatic heterocycles. The first-order chi connectivity index (χ1) is 4.76. The summed E-state index contributed by atoms with van der Waals surface area (Å²) in [5.74, 6) is 0.354. The molecule has 0 saturated carbocycles. The molecular formula is C9H17NO. The van der Waals surface area contributed by atoms with Crippen molar-refractivity contribution in [1.29, 1.82) is 0 Å². The lowest BCUT2D eigenvalue weighted by Crippen LogP contribution is -2.70. The van der Waals surface area contributed by atoms with Crippen molar-refractivity contribution in [3.8, 4) is 0 Å². The monoisotopic (exact) mass is 155 g/mol. The molecule has 0 aromatic heterocycles. The highest BCUT2D eigenvalue weighted by Crippen LogP contribution is 2.33. The van der Waals surface area contributed by atoms with Gasteiger partial charge in [-0.05, 0) is 34.6 Å². The van der Waals surface area contributed by atoms with E-state index in [9.17, 15) is 4.79 Å². The van der Waals surface area contributed by atoms with Gasteiger partial charge in [0.15, 0.2) is 5.78 Å². The maximum absolute atomic E-state index is 11.2. The van der Waals surface area contributed by atoms with Crippen LogP contribution in [0.3, 0.4) is 0 Å². The van der Waals surface area contributed by atoms with Crippen molar-refractivity contribution in [3.63, 3.8) is 0 Å². The van der Waals surface area contributed by atoms with E-state index >= 15 is 0 Å². The molecule has 2 heteroatoms. The van der Waals surface area contributed by atoms with Crippen molar-refractivity contribution in [2.75, 3.05) is 6.54 Å². The van der Waals surface area contributed by atoms with E-state index in [4.69, 9.17) is 0 Å². The van der Waals surface area contributed by atoms with E-state index in [1.165, 1.54) is 0 Å². The van der Waals surface area contributed by atoms with Gasteiger partial charge < -0.3 is 0 Å².